The smallest absolute Gasteiger partial charge is 0.240 e. The molecule has 0 aliphatic carbocycles. The van der Waals surface area contributed by atoms with E-state index in [1.165, 1.54) is 0 Å². The van der Waals surface area contributed by atoms with E-state index in [0.717, 1.165) is 10.0 Å². The van der Waals surface area contributed by atoms with E-state index in [2.05, 4.69) is 15.9 Å². The predicted octanol–water partition coefficient (Wildman–Crippen LogP) is 3.17. The Morgan fingerprint density at radius 1 is 1.21 bits per heavy atom. The average molecular weight is 327 g/mol. The SMILES string of the molecule is CC(C)[C@H](N)C(=O)N(Cc1ccc(Br)cc1)C(C)C. The molecule has 0 fully saturated rings. The Kier molecular flexibility index (Phi) is 6.01. The van der Waals surface area contributed by atoms with Crippen LogP contribution >= 0.6 is 15.9 Å². The summed E-state index contributed by atoms with van der Waals surface area (Å²) < 4.78 is 1.04. The van der Waals surface area contributed by atoms with Crippen LogP contribution in [0.3, 0.4) is 0 Å². The van der Waals surface area contributed by atoms with Gasteiger partial charge in [0.05, 0.1) is 6.04 Å². The fraction of sp³-hybridized carbons (Fsp3) is 0.533. The number of benzene rings is 1. The molecule has 0 aliphatic rings. The largest absolute Gasteiger partial charge is 0.335 e. The molecule has 0 bridgehead atoms. The molecule has 1 rings (SSSR count). The van der Waals surface area contributed by atoms with Crippen molar-refractivity contribution in [2.24, 2.45) is 11.7 Å². The second kappa shape index (κ2) is 7.06. The van der Waals surface area contributed by atoms with Crippen molar-refractivity contribution in [1.82, 2.24) is 4.90 Å². The summed E-state index contributed by atoms with van der Waals surface area (Å²) in [7, 11) is 0. The number of amides is 1. The highest BCUT2D eigenvalue weighted by Crippen LogP contribution is 2.15. The third kappa shape index (κ3) is 4.62. The fourth-order valence-corrected chi connectivity index (χ4v) is 2.04. The minimum atomic E-state index is -0.433. The van der Waals surface area contributed by atoms with E-state index < -0.39 is 6.04 Å². The van der Waals surface area contributed by atoms with Gasteiger partial charge in [-0.15, -0.1) is 0 Å². The Bertz CT molecular complexity index is 415. The molecule has 0 heterocycles. The molecular formula is C15H23BrN2O. The number of nitrogens with zero attached hydrogens (tertiary/aromatic N) is 1. The van der Waals surface area contributed by atoms with Crippen LogP contribution in [0.15, 0.2) is 28.7 Å². The van der Waals surface area contributed by atoms with Crippen LogP contribution in [0.2, 0.25) is 0 Å². The highest BCUT2D eigenvalue weighted by atomic mass is 79.9. The Hall–Kier alpha value is -0.870. The minimum Gasteiger partial charge on any atom is -0.335 e. The van der Waals surface area contributed by atoms with Crippen molar-refractivity contribution >= 4 is 21.8 Å². The summed E-state index contributed by atoms with van der Waals surface area (Å²) in [6.07, 6.45) is 0. The highest BCUT2D eigenvalue weighted by molar-refractivity contribution is 9.10. The first-order chi connectivity index (χ1) is 8.82. The lowest BCUT2D eigenvalue weighted by molar-refractivity contribution is -0.136. The van der Waals surface area contributed by atoms with Gasteiger partial charge in [-0.25, -0.2) is 0 Å². The summed E-state index contributed by atoms with van der Waals surface area (Å²) in [5.74, 6) is 0.173. The van der Waals surface area contributed by atoms with E-state index in [1.54, 1.807) is 0 Å². The molecule has 1 aromatic carbocycles. The second-order valence-corrected chi connectivity index (χ2v) is 6.37. The molecule has 0 aliphatic heterocycles. The van der Waals surface area contributed by atoms with Crippen LogP contribution in [0, 0.1) is 5.92 Å². The van der Waals surface area contributed by atoms with Crippen LogP contribution in [0.4, 0.5) is 0 Å². The van der Waals surface area contributed by atoms with E-state index in [-0.39, 0.29) is 17.9 Å². The molecule has 3 nitrogen and oxygen atoms in total. The van der Waals surface area contributed by atoms with Crippen molar-refractivity contribution in [2.45, 2.75) is 46.3 Å². The van der Waals surface area contributed by atoms with Crippen LogP contribution in [0.25, 0.3) is 0 Å². The summed E-state index contributed by atoms with van der Waals surface area (Å²) >= 11 is 3.41. The van der Waals surface area contributed by atoms with Crippen LogP contribution in [-0.2, 0) is 11.3 Å². The number of nitrogens with two attached hydrogens (primary N) is 1. The van der Waals surface area contributed by atoms with Gasteiger partial charge < -0.3 is 10.6 Å². The van der Waals surface area contributed by atoms with Crippen LogP contribution in [-0.4, -0.2) is 22.9 Å². The molecule has 1 aromatic rings. The molecule has 0 saturated heterocycles. The predicted molar refractivity (Wildman–Crippen MR) is 82.6 cm³/mol. The van der Waals surface area contributed by atoms with Gasteiger partial charge in [0.15, 0.2) is 0 Å². The zero-order valence-corrected chi connectivity index (χ0v) is 13.6. The topological polar surface area (TPSA) is 46.3 Å². The summed E-state index contributed by atoms with van der Waals surface area (Å²) in [5, 5.41) is 0. The summed E-state index contributed by atoms with van der Waals surface area (Å²) in [6.45, 7) is 8.58. The van der Waals surface area contributed by atoms with Crippen molar-refractivity contribution in [1.29, 1.82) is 0 Å². The van der Waals surface area contributed by atoms with E-state index in [4.69, 9.17) is 5.73 Å². The summed E-state index contributed by atoms with van der Waals surface area (Å²) in [6, 6.07) is 7.72. The number of carbonyl (C=O) groups is 1. The normalized spacial score (nSPS) is 12.8. The van der Waals surface area contributed by atoms with Gasteiger partial charge in [-0.1, -0.05) is 41.9 Å². The molecule has 1 atom stereocenters. The van der Waals surface area contributed by atoms with E-state index in [0.29, 0.717) is 6.54 Å². The van der Waals surface area contributed by atoms with E-state index in [1.807, 2.05) is 56.9 Å². The molecular weight excluding hydrogens is 304 g/mol. The summed E-state index contributed by atoms with van der Waals surface area (Å²) in [5.41, 5.74) is 7.09. The third-order valence-corrected chi connectivity index (χ3v) is 3.70. The lowest BCUT2D eigenvalue weighted by Gasteiger charge is -2.30. The Morgan fingerprint density at radius 2 is 1.74 bits per heavy atom. The van der Waals surface area contributed by atoms with E-state index in [9.17, 15) is 4.79 Å². The molecule has 0 spiro atoms. The second-order valence-electron chi connectivity index (χ2n) is 5.46. The number of hydrogen-bond acceptors (Lipinski definition) is 2. The standard InChI is InChI=1S/C15H23BrN2O/c1-10(2)14(17)15(19)18(11(3)4)9-12-5-7-13(16)8-6-12/h5-8,10-11,14H,9,17H2,1-4H3/t14-/m0/s1. The highest BCUT2D eigenvalue weighted by Gasteiger charge is 2.25. The first kappa shape index (κ1) is 16.2. The molecule has 2 N–H and O–H groups in total. The molecule has 19 heavy (non-hydrogen) atoms. The molecule has 0 aromatic heterocycles. The van der Waals surface area contributed by atoms with Gasteiger partial charge in [0.1, 0.15) is 0 Å². The molecule has 4 heteroatoms. The Morgan fingerprint density at radius 3 is 2.16 bits per heavy atom. The minimum absolute atomic E-state index is 0.0212. The fourth-order valence-electron chi connectivity index (χ4n) is 1.78. The number of halogens is 1. The first-order valence-electron chi connectivity index (χ1n) is 6.63. The van der Waals surface area contributed by atoms with E-state index >= 15 is 0 Å². The zero-order valence-electron chi connectivity index (χ0n) is 12.1. The van der Waals surface area contributed by atoms with Gasteiger partial charge in [0.25, 0.3) is 0 Å². The number of carbonyl (C=O) groups excluding carboxylic acids is 1. The number of hydrogen-bond donors (Lipinski definition) is 1. The third-order valence-electron chi connectivity index (χ3n) is 3.18. The van der Waals surface area contributed by atoms with Crippen molar-refractivity contribution < 1.29 is 4.79 Å². The maximum absolute atomic E-state index is 12.4. The molecule has 1 amide bonds. The van der Waals surface area contributed by atoms with Crippen molar-refractivity contribution in [3.05, 3.63) is 34.3 Å². The van der Waals surface area contributed by atoms with Gasteiger partial charge >= 0.3 is 0 Å². The van der Waals surface area contributed by atoms with Crippen molar-refractivity contribution in [2.75, 3.05) is 0 Å². The lowest BCUT2D eigenvalue weighted by atomic mass is 10.0. The lowest BCUT2D eigenvalue weighted by Crippen LogP contribution is -2.48. The van der Waals surface area contributed by atoms with Gasteiger partial charge in [-0.05, 0) is 37.5 Å². The molecule has 0 unspecified atom stereocenters. The maximum Gasteiger partial charge on any atom is 0.240 e. The van der Waals surface area contributed by atoms with Gasteiger partial charge in [-0.2, -0.15) is 0 Å². The van der Waals surface area contributed by atoms with Crippen LogP contribution in [0.1, 0.15) is 33.3 Å². The first-order valence-corrected chi connectivity index (χ1v) is 7.42. The van der Waals surface area contributed by atoms with Crippen molar-refractivity contribution in [3.8, 4) is 0 Å². The molecule has 106 valence electrons. The monoisotopic (exact) mass is 326 g/mol. The Balaban J connectivity index is 2.84. The molecule has 0 radical (unpaired) electrons. The van der Waals surface area contributed by atoms with Crippen LogP contribution < -0.4 is 5.73 Å². The quantitative estimate of drug-likeness (QED) is 0.903. The maximum atomic E-state index is 12.4. The van der Waals surface area contributed by atoms with Gasteiger partial charge in [0.2, 0.25) is 5.91 Å². The zero-order chi connectivity index (χ0) is 14.6. The van der Waals surface area contributed by atoms with Crippen molar-refractivity contribution in [3.63, 3.8) is 0 Å². The summed E-state index contributed by atoms with van der Waals surface area (Å²) in [4.78, 5) is 14.2. The van der Waals surface area contributed by atoms with Gasteiger partial charge in [0, 0.05) is 17.1 Å². The van der Waals surface area contributed by atoms with Gasteiger partial charge in [-0.3, -0.25) is 4.79 Å². The average Bonchev–Trinajstić information content (AvgIpc) is 2.35. The molecule has 0 saturated carbocycles. The Labute approximate surface area is 124 Å². The number of rotatable bonds is 5. The van der Waals surface area contributed by atoms with Crippen LogP contribution in [0.5, 0.6) is 0 Å².